The third kappa shape index (κ3) is 3.81. The molecule has 10 aromatic rings. The van der Waals surface area contributed by atoms with Crippen LogP contribution in [0.2, 0.25) is 0 Å². The standard InChI is InChI=1S/C48H29NO3/c1-5-19-41-33(11-1)37-23-24-40-36-14-4-8-22-44(36)52-48(40)45(37)49(41)30-26-28(31-15-9-17-38-34-12-2-6-20-42(34)50-46(31)38)25-29(27-30)32-16-10-18-39-35-13-3-7-21-43(35)51-47(32)39/h1-27,33,41H. The molecule has 2 unspecified atom stereocenters. The largest absolute Gasteiger partial charge is 0.455 e. The first-order valence-electron chi connectivity index (χ1n) is 17.8. The summed E-state index contributed by atoms with van der Waals surface area (Å²) in [6.07, 6.45) is 8.99. The van der Waals surface area contributed by atoms with Gasteiger partial charge in [0, 0.05) is 55.0 Å². The minimum absolute atomic E-state index is 0.0749. The predicted octanol–water partition coefficient (Wildman–Crippen LogP) is 13.4. The number of hydrogen-bond donors (Lipinski definition) is 0. The van der Waals surface area contributed by atoms with Crippen molar-refractivity contribution in [2.75, 3.05) is 4.90 Å². The van der Waals surface area contributed by atoms with Crippen LogP contribution >= 0.6 is 0 Å². The van der Waals surface area contributed by atoms with E-state index < -0.39 is 0 Å². The van der Waals surface area contributed by atoms with Crippen LogP contribution in [-0.2, 0) is 0 Å². The van der Waals surface area contributed by atoms with Crippen LogP contribution in [0.1, 0.15) is 11.5 Å². The summed E-state index contributed by atoms with van der Waals surface area (Å²) >= 11 is 0. The molecule has 0 amide bonds. The Morgan fingerprint density at radius 1 is 0.423 bits per heavy atom. The zero-order valence-electron chi connectivity index (χ0n) is 27.9. The lowest BCUT2D eigenvalue weighted by Crippen LogP contribution is -2.28. The van der Waals surface area contributed by atoms with Crippen molar-refractivity contribution in [1.29, 1.82) is 0 Å². The summed E-state index contributed by atoms with van der Waals surface area (Å²) in [4.78, 5) is 2.50. The van der Waals surface area contributed by atoms with Crippen LogP contribution in [0, 0.1) is 0 Å². The molecule has 0 spiro atoms. The Bertz CT molecular complexity index is 3040. The fourth-order valence-corrected chi connectivity index (χ4v) is 8.90. The third-order valence-electron chi connectivity index (χ3n) is 11.2. The molecule has 0 fully saturated rings. The minimum Gasteiger partial charge on any atom is -0.455 e. The molecule has 4 heterocycles. The molecule has 0 N–H and O–H groups in total. The average molecular weight is 668 g/mol. The Kier molecular flexibility index (Phi) is 5.58. The second-order valence-electron chi connectivity index (χ2n) is 14.0. The lowest BCUT2D eigenvalue weighted by molar-refractivity contribution is 0.667. The highest BCUT2D eigenvalue weighted by molar-refractivity contribution is 6.13. The Balaban J connectivity index is 1.17. The van der Waals surface area contributed by atoms with Gasteiger partial charge in [-0.15, -0.1) is 0 Å². The van der Waals surface area contributed by atoms with Crippen LogP contribution in [-0.4, -0.2) is 6.04 Å². The van der Waals surface area contributed by atoms with E-state index in [1.54, 1.807) is 0 Å². The quantitative estimate of drug-likeness (QED) is 0.188. The molecular weight excluding hydrogens is 639 g/mol. The lowest BCUT2D eigenvalue weighted by atomic mass is 9.91. The van der Waals surface area contributed by atoms with Crippen molar-refractivity contribution in [3.8, 4) is 22.3 Å². The fraction of sp³-hybridized carbons (Fsp3) is 0.0417. The smallest absolute Gasteiger partial charge is 0.159 e. The lowest BCUT2D eigenvalue weighted by Gasteiger charge is -2.29. The predicted molar refractivity (Wildman–Crippen MR) is 213 cm³/mol. The van der Waals surface area contributed by atoms with Gasteiger partial charge in [-0.1, -0.05) is 127 Å². The maximum absolute atomic E-state index is 6.75. The van der Waals surface area contributed by atoms with Gasteiger partial charge >= 0.3 is 0 Å². The highest BCUT2D eigenvalue weighted by atomic mass is 16.3. The minimum atomic E-state index is 0.0749. The monoisotopic (exact) mass is 667 g/mol. The van der Waals surface area contributed by atoms with Crippen LogP contribution in [0.25, 0.3) is 88.1 Å². The first-order chi connectivity index (χ1) is 25.8. The van der Waals surface area contributed by atoms with Gasteiger partial charge in [0.1, 0.15) is 27.9 Å². The van der Waals surface area contributed by atoms with Gasteiger partial charge in [0.25, 0.3) is 0 Å². The van der Waals surface area contributed by atoms with Gasteiger partial charge in [0.05, 0.1) is 11.7 Å². The van der Waals surface area contributed by atoms with E-state index in [1.165, 1.54) is 5.56 Å². The van der Waals surface area contributed by atoms with E-state index in [1.807, 2.05) is 30.3 Å². The number of furan rings is 3. The number of para-hydroxylation sites is 5. The maximum atomic E-state index is 6.75. The summed E-state index contributed by atoms with van der Waals surface area (Å²) in [7, 11) is 0. The van der Waals surface area contributed by atoms with Gasteiger partial charge in [-0.2, -0.15) is 0 Å². The summed E-state index contributed by atoms with van der Waals surface area (Å²) in [5, 5.41) is 6.70. The zero-order valence-corrected chi connectivity index (χ0v) is 27.9. The second kappa shape index (κ2) is 10.4. The molecule has 4 nitrogen and oxygen atoms in total. The summed E-state index contributed by atoms with van der Waals surface area (Å²) in [5.41, 5.74) is 13.1. The van der Waals surface area contributed by atoms with Crippen molar-refractivity contribution in [1.82, 2.24) is 0 Å². The van der Waals surface area contributed by atoms with Crippen LogP contribution in [0.5, 0.6) is 0 Å². The average Bonchev–Trinajstić information content (AvgIpc) is 3.96. The number of benzene rings is 7. The Labute approximate surface area is 298 Å². The van der Waals surface area contributed by atoms with Gasteiger partial charge in [0.15, 0.2) is 5.58 Å². The van der Waals surface area contributed by atoms with Crippen LogP contribution in [0.3, 0.4) is 0 Å². The highest BCUT2D eigenvalue weighted by Crippen LogP contribution is 2.53. The van der Waals surface area contributed by atoms with Crippen molar-refractivity contribution in [2.24, 2.45) is 0 Å². The van der Waals surface area contributed by atoms with Crippen molar-refractivity contribution in [3.63, 3.8) is 0 Å². The third-order valence-corrected chi connectivity index (χ3v) is 11.2. The molecule has 52 heavy (non-hydrogen) atoms. The fourth-order valence-electron chi connectivity index (χ4n) is 8.90. The van der Waals surface area contributed by atoms with E-state index in [0.29, 0.717) is 0 Å². The number of hydrogen-bond acceptors (Lipinski definition) is 4. The number of allylic oxidation sites excluding steroid dienone is 2. The van der Waals surface area contributed by atoms with Crippen LogP contribution in [0.15, 0.2) is 177 Å². The SMILES string of the molecule is C1=CC2c3ccc4c(oc5ccccc54)c3N(c3cc(-c4cccc5c4oc4ccccc45)cc(-c4cccc5c4oc4ccccc45)c3)C2C=C1. The van der Waals surface area contributed by atoms with E-state index in [-0.39, 0.29) is 12.0 Å². The molecule has 0 bridgehead atoms. The molecule has 2 aliphatic rings. The molecule has 0 saturated heterocycles. The Morgan fingerprint density at radius 2 is 0.923 bits per heavy atom. The van der Waals surface area contributed by atoms with Gasteiger partial charge in [-0.3, -0.25) is 0 Å². The molecule has 1 aliphatic heterocycles. The second-order valence-corrected chi connectivity index (χ2v) is 14.0. The molecule has 0 saturated carbocycles. The normalized spacial score (nSPS) is 16.7. The van der Waals surface area contributed by atoms with E-state index in [9.17, 15) is 0 Å². The molecule has 2 atom stereocenters. The van der Waals surface area contributed by atoms with Gasteiger partial charge in [-0.05, 0) is 53.1 Å². The van der Waals surface area contributed by atoms with Gasteiger partial charge < -0.3 is 18.2 Å². The highest BCUT2D eigenvalue weighted by Gasteiger charge is 2.40. The van der Waals surface area contributed by atoms with Crippen molar-refractivity contribution >= 4 is 77.2 Å². The first kappa shape index (κ1) is 28.0. The summed E-state index contributed by atoms with van der Waals surface area (Å²) in [5.74, 6) is 0.183. The Hall–Kier alpha value is -6.78. The van der Waals surface area contributed by atoms with Crippen molar-refractivity contribution < 1.29 is 13.3 Å². The van der Waals surface area contributed by atoms with Crippen molar-refractivity contribution in [3.05, 3.63) is 169 Å². The topological polar surface area (TPSA) is 42.7 Å². The number of rotatable bonds is 3. The van der Waals surface area contributed by atoms with E-state index >= 15 is 0 Å². The number of anilines is 2. The van der Waals surface area contributed by atoms with E-state index in [4.69, 9.17) is 13.3 Å². The first-order valence-corrected chi connectivity index (χ1v) is 17.8. The molecular formula is C48H29NO3. The van der Waals surface area contributed by atoms with Crippen LogP contribution < -0.4 is 4.90 Å². The number of nitrogens with zero attached hydrogens (tertiary/aromatic N) is 1. The van der Waals surface area contributed by atoms with E-state index in [2.05, 4.69) is 138 Å². The van der Waals surface area contributed by atoms with Crippen LogP contribution in [0.4, 0.5) is 11.4 Å². The number of fused-ring (bicyclic) bond motifs is 13. The zero-order chi connectivity index (χ0) is 33.9. The molecule has 0 radical (unpaired) electrons. The maximum Gasteiger partial charge on any atom is 0.159 e. The molecule has 3 aromatic heterocycles. The molecule has 7 aromatic carbocycles. The molecule has 4 heteroatoms. The Morgan fingerprint density at radius 3 is 1.52 bits per heavy atom. The van der Waals surface area contributed by atoms with Gasteiger partial charge in [-0.25, -0.2) is 0 Å². The van der Waals surface area contributed by atoms with Gasteiger partial charge in [0.2, 0.25) is 0 Å². The molecule has 1 aliphatic carbocycles. The molecule has 244 valence electrons. The van der Waals surface area contributed by atoms with E-state index in [0.717, 1.165) is 99.4 Å². The van der Waals surface area contributed by atoms with Crippen molar-refractivity contribution in [2.45, 2.75) is 12.0 Å². The summed E-state index contributed by atoms with van der Waals surface area (Å²) in [6, 6.07) is 49.4. The molecule has 12 rings (SSSR count). The summed E-state index contributed by atoms with van der Waals surface area (Å²) in [6.45, 7) is 0. The summed E-state index contributed by atoms with van der Waals surface area (Å²) < 4.78 is 20.0.